The van der Waals surface area contributed by atoms with Crippen LogP contribution in [0.5, 0.6) is 0 Å². The van der Waals surface area contributed by atoms with Gasteiger partial charge in [0.05, 0.1) is 0 Å². The first-order valence-corrected chi connectivity index (χ1v) is 10.5. The Labute approximate surface area is 193 Å². The third-order valence-corrected chi connectivity index (χ3v) is 5.06. The molecule has 0 unspecified atom stereocenters. The fourth-order valence-electron chi connectivity index (χ4n) is 3.60. The topological polar surface area (TPSA) is 0 Å². The van der Waals surface area contributed by atoms with Gasteiger partial charge in [-0.1, -0.05) is 60.8 Å². The molecule has 2 rings (SSSR count). The van der Waals surface area contributed by atoms with E-state index in [1.165, 1.54) is 12.1 Å². The molecule has 0 atom stereocenters. The van der Waals surface area contributed by atoms with Gasteiger partial charge in [-0.15, -0.1) is 0 Å². The Hall–Kier alpha value is -3.40. The molecule has 0 saturated heterocycles. The largest absolute Gasteiger partial charge is 0.207 e. The Morgan fingerprint density at radius 3 is 1.39 bits per heavy atom. The van der Waals surface area contributed by atoms with E-state index >= 15 is 0 Å². The molecule has 0 bridgehead atoms. The van der Waals surface area contributed by atoms with Gasteiger partial charge in [0, 0.05) is 23.3 Å². The standard InChI is InChI=1S/C29H28F4/c1-18(9-7-11-20(3)28-22(5)14-24(30)16-26(28)32)13-19(2)10-8-12-21(4)29-23(6)15-25(31)17-27(29)33/h7-12,14-17H,3-4,13H2,1-2,5-6H3/b11-7-,12-8-,18-9+,19-10+. The van der Waals surface area contributed by atoms with Gasteiger partial charge in [-0.25, -0.2) is 17.6 Å². The highest BCUT2D eigenvalue weighted by Crippen LogP contribution is 2.25. The summed E-state index contributed by atoms with van der Waals surface area (Å²) in [6.45, 7) is 15.0. The van der Waals surface area contributed by atoms with Crippen molar-refractivity contribution in [2.45, 2.75) is 34.1 Å². The van der Waals surface area contributed by atoms with Gasteiger partial charge in [0.1, 0.15) is 23.3 Å². The van der Waals surface area contributed by atoms with Crippen LogP contribution in [0.1, 0.15) is 42.5 Å². The van der Waals surface area contributed by atoms with Gasteiger partial charge < -0.3 is 0 Å². The van der Waals surface area contributed by atoms with Gasteiger partial charge in [-0.2, -0.15) is 0 Å². The molecule has 0 fully saturated rings. The minimum Gasteiger partial charge on any atom is -0.207 e. The fraction of sp³-hybridized carbons (Fsp3) is 0.172. The van der Waals surface area contributed by atoms with E-state index in [4.69, 9.17) is 0 Å². The van der Waals surface area contributed by atoms with Gasteiger partial charge >= 0.3 is 0 Å². The third-order valence-electron chi connectivity index (χ3n) is 5.06. The van der Waals surface area contributed by atoms with Crippen LogP contribution in [-0.4, -0.2) is 0 Å². The first-order chi connectivity index (χ1) is 15.5. The van der Waals surface area contributed by atoms with Crippen molar-refractivity contribution >= 4 is 11.1 Å². The van der Waals surface area contributed by atoms with Crippen molar-refractivity contribution in [2.24, 2.45) is 0 Å². The number of allylic oxidation sites excluding steroid dienone is 10. The van der Waals surface area contributed by atoms with Crippen molar-refractivity contribution in [1.29, 1.82) is 0 Å². The number of hydrogen-bond donors (Lipinski definition) is 0. The van der Waals surface area contributed by atoms with Crippen LogP contribution in [0.3, 0.4) is 0 Å². The molecule has 0 aliphatic carbocycles. The number of halogens is 4. The van der Waals surface area contributed by atoms with Crippen LogP contribution >= 0.6 is 0 Å². The molecule has 0 aliphatic rings. The Morgan fingerprint density at radius 1 is 0.697 bits per heavy atom. The Bertz CT molecular complexity index is 1050. The fourth-order valence-corrected chi connectivity index (χ4v) is 3.60. The van der Waals surface area contributed by atoms with Crippen molar-refractivity contribution < 1.29 is 17.6 Å². The van der Waals surface area contributed by atoms with Crippen LogP contribution in [0.2, 0.25) is 0 Å². The maximum atomic E-state index is 14.1. The Morgan fingerprint density at radius 2 is 1.06 bits per heavy atom. The number of rotatable bonds is 8. The minimum atomic E-state index is -0.634. The average Bonchev–Trinajstić information content (AvgIpc) is 2.66. The lowest BCUT2D eigenvalue weighted by Crippen LogP contribution is -1.93. The van der Waals surface area contributed by atoms with E-state index in [0.29, 0.717) is 39.8 Å². The molecule has 0 amide bonds. The van der Waals surface area contributed by atoms with E-state index < -0.39 is 23.3 Å². The molecule has 0 saturated carbocycles. The van der Waals surface area contributed by atoms with Crippen molar-refractivity contribution in [3.63, 3.8) is 0 Å². The second-order valence-electron chi connectivity index (χ2n) is 8.13. The zero-order valence-electron chi connectivity index (χ0n) is 19.4. The van der Waals surface area contributed by atoms with Gasteiger partial charge in [0.25, 0.3) is 0 Å². The summed E-state index contributed by atoms with van der Waals surface area (Å²) in [6.07, 6.45) is 11.4. The van der Waals surface area contributed by atoms with Crippen LogP contribution in [0, 0.1) is 37.1 Å². The monoisotopic (exact) mass is 452 g/mol. The quantitative estimate of drug-likeness (QED) is 0.277. The molecule has 0 spiro atoms. The van der Waals surface area contributed by atoms with Crippen molar-refractivity contribution in [3.05, 3.63) is 131 Å². The van der Waals surface area contributed by atoms with Crippen molar-refractivity contribution in [3.8, 4) is 0 Å². The smallest absolute Gasteiger partial charge is 0.134 e. The van der Waals surface area contributed by atoms with E-state index in [1.54, 1.807) is 38.2 Å². The molecule has 0 heterocycles. The molecule has 0 aliphatic heterocycles. The summed E-state index contributed by atoms with van der Waals surface area (Å²) < 4.78 is 54.7. The van der Waals surface area contributed by atoms with Gasteiger partial charge in [-0.05, 0) is 68.5 Å². The Balaban J connectivity index is 2.01. The van der Waals surface area contributed by atoms with Crippen molar-refractivity contribution in [1.82, 2.24) is 0 Å². The third kappa shape index (κ3) is 7.31. The van der Waals surface area contributed by atoms with E-state index in [-0.39, 0.29) is 0 Å². The number of aryl methyl sites for hydroxylation is 2. The molecule has 4 heteroatoms. The normalized spacial score (nSPS) is 12.7. The first-order valence-electron chi connectivity index (χ1n) is 10.5. The molecule has 172 valence electrons. The summed E-state index contributed by atoms with van der Waals surface area (Å²) in [6, 6.07) is 4.26. The minimum absolute atomic E-state index is 0.299. The van der Waals surface area contributed by atoms with Crippen LogP contribution in [0.15, 0.2) is 85.0 Å². The Kier molecular flexibility index (Phi) is 8.98. The highest BCUT2D eigenvalue weighted by atomic mass is 19.1. The molecule has 33 heavy (non-hydrogen) atoms. The number of benzene rings is 2. The zero-order chi connectivity index (χ0) is 24.7. The predicted octanol–water partition coefficient (Wildman–Crippen LogP) is 8.98. The highest BCUT2D eigenvalue weighted by Gasteiger charge is 2.10. The maximum Gasteiger partial charge on any atom is 0.134 e. The van der Waals surface area contributed by atoms with E-state index in [0.717, 1.165) is 23.3 Å². The van der Waals surface area contributed by atoms with E-state index in [2.05, 4.69) is 13.2 Å². The highest BCUT2D eigenvalue weighted by molar-refractivity contribution is 5.75. The summed E-state index contributed by atoms with van der Waals surface area (Å²) in [7, 11) is 0. The SMILES string of the molecule is C=C(/C=C\C=C(/C)C/C(C)=C/C=C\C(=C)c1c(C)cc(F)cc1F)c1c(C)cc(F)cc1F. The zero-order valence-corrected chi connectivity index (χ0v) is 19.4. The molecule has 2 aromatic rings. The maximum absolute atomic E-state index is 14.1. The van der Waals surface area contributed by atoms with Gasteiger partial charge in [0.15, 0.2) is 0 Å². The van der Waals surface area contributed by atoms with Gasteiger partial charge in [0.2, 0.25) is 0 Å². The summed E-state index contributed by atoms with van der Waals surface area (Å²) in [4.78, 5) is 0. The summed E-state index contributed by atoms with van der Waals surface area (Å²) >= 11 is 0. The molecular formula is C29H28F4. The number of hydrogen-bond acceptors (Lipinski definition) is 0. The lowest BCUT2D eigenvalue weighted by atomic mass is 10.00. The van der Waals surface area contributed by atoms with Crippen LogP contribution < -0.4 is 0 Å². The average molecular weight is 453 g/mol. The van der Waals surface area contributed by atoms with E-state index in [9.17, 15) is 17.6 Å². The second kappa shape index (κ2) is 11.5. The van der Waals surface area contributed by atoms with E-state index in [1.807, 2.05) is 26.0 Å². The predicted molar refractivity (Wildman–Crippen MR) is 131 cm³/mol. The van der Waals surface area contributed by atoms with Crippen LogP contribution in [-0.2, 0) is 0 Å². The second-order valence-corrected chi connectivity index (χ2v) is 8.13. The van der Waals surface area contributed by atoms with Crippen molar-refractivity contribution in [2.75, 3.05) is 0 Å². The van der Waals surface area contributed by atoms with Gasteiger partial charge in [-0.3, -0.25) is 0 Å². The first kappa shape index (κ1) is 25.9. The van der Waals surface area contributed by atoms with Crippen LogP contribution in [0.4, 0.5) is 17.6 Å². The van der Waals surface area contributed by atoms with Crippen LogP contribution in [0.25, 0.3) is 11.1 Å². The molecule has 2 aromatic carbocycles. The molecule has 0 aromatic heterocycles. The summed E-state index contributed by atoms with van der Waals surface area (Å²) in [5, 5.41) is 0. The molecule has 0 N–H and O–H groups in total. The summed E-state index contributed by atoms with van der Waals surface area (Å²) in [5.41, 5.74) is 4.64. The summed E-state index contributed by atoms with van der Waals surface area (Å²) in [5.74, 6) is -2.49. The lowest BCUT2D eigenvalue weighted by Gasteiger charge is -2.07. The molecule has 0 radical (unpaired) electrons. The molecular weight excluding hydrogens is 424 g/mol. The lowest BCUT2D eigenvalue weighted by molar-refractivity contribution is 0.578. The molecule has 0 nitrogen and oxygen atoms in total.